The van der Waals surface area contributed by atoms with Crippen LogP contribution in [0.2, 0.25) is 5.02 Å². The summed E-state index contributed by atoms with van der Waals surface area (Å²) in [5, 5.41) is 11.8. The van der Waals surface area contributed by atoms with E-state index in [4.69, 9.17) is 26.3 Å². The van der Waals surface area contributed by atoms with E-state index in [9.17, 15) is 18.8 Å². The van der Waals surface area contributed by atoms with Gasteiger partial charge in [-0.15, -0.1) is 0 Å². The van der Waals surface area contributed by atoms with Crippen LogP contribution in [0.5, 0.6) is 6.01 Å². The van der Waals surface area contributed by atoms with Crippen LogP contribution in [0, 0.1) is 17.1 Å². The summed E-state index contributed by atoms with van der Waals surface area (Å²) in [6.45, 7) is 6.63. The van der Waals surface area contributed by atoms with E-state index in [1.54, 1.807) is 6.07 Å². The molecule has 46 heavy (non-hydrogen) atoms. The van der Waals surface area contributed by atoms with Gasteiger partial charge < -0.3 is 14.5 Å². The molecule has 0 N–H and O–H groups in total. The van der Waals surface area contributed by atoms with E-state index in [1.165, 1.54) is 11.0 Å². The number of amides is 1. The molecular formula is C35H33ClF2N6O2. The third-order valence-corrected chi connectivity index (χ3v) is 10.2. The maximum atomic E-state index is 14.6. The molecule has 8 nitrogen and oxygen atoms in total. The lowest BCUT2D eigenvalue weighted by Gasteiger charge is -2.41. The van der Waals surface area contributed by atoms with Gasteiger partial charge in [-0.2, -0.15) is 15.2 Å². The molecule has 0 bridgehead atoms. The molecule has 3 saturated heterocycles. The fraction of sp³-hybridized carbons (Fsp3) is 0.371. The lowest BCUT2D eigenvalue weighted by Crippen LogP contribution is -2.55. The zero-order chi connectivity index (χ0) is 32.0. The van der Waals surface area contributed by atoms with Crippen LogP contribution in [0.4, 0.5) is 14.6 Å². The van der Waals surface area contributed by atoms with E-state index in [2.05, 4.69) is 17.5 Å². The summed E-state index contributed by atoms with van der Waals surface area (Å²) >= 11 is 6.48. The maximum Gasteiger partial charge on any atom is 0.319 e. The highest BCUT2D eigenvalue weighted by Gasteiger charge is 2.45. The molecule has 3 aliphatic heterocycles. The topological polar surface area (TPSA) is 85.6 Å². The Bertz CT molecular complexity index is 1900. The highest BCUT2D eigenvalue weighted by molar-refractivity contribution is 6.36. The van der Waals surface area contributed by atoms with Crippen molar-refractivity contribution in [1.82, 2.24) is 19.8 Å². The first-order chi connectivity index (χ1) is 22.3. The molecule has 1 aromatic heterocycles. The average molecular weight is 643 g/mol. The fourth-order valence-corrected chi connectivity index (χ4v) is 7.80. The summed E-state index contributed by atoms with van der Waals surface area (Å²) in [4.78, 5) is 28.2. The first kappa shape index (κ1) is 30.3. The summed E-state index contributed by atoms with van der Waals surface area (Å²) in [5.41, 5.74) is 2.19. The van der Waals surface area contributed by atoms with Gasteiger partial charge in [0.25, 0.3) is 5.91 Å². The summed E-state index contributed by atoms with van der Waals surface area (Å²) in [7, 11) is 0. The van der Waals surface area contributed by atoms with Crippen LogP contribution in [0.25, 0.3) is 32.8 Å². The number of carbonyl (C=O) groups excluding carboxylic acids is 1. The Morgan fingerprint density at radius 1 is 1.11 bits per heavy atom. The van der Waals surface area contributed by atoms with Crippen molar-refractivity contribution >= 4 is 45.0 Å². The van der Waals surface area contributed by atoms with Gasteiger partial charge in [-0.1, -0.05) is 48.5 Å². The molecule has 0 saturated carbocycles. The first-order valence-electron chi connectivity index (χ1n) is 15.6. The minimum atomic E-state index is -1.05. The number of piperazine rings is 1. The van der Waals surface area contributed by atoms with E-state index in [1.807, 2.05) is 41.3 Å². The van der Waals surface area contributed by atoms with Crippen LogP contribution >= 0.6 is 11.6 Å². The number of halogens is 3. The number of rotatable bonds is 7. The van der Waals surface area contributed by atoms with Crippen LogP contribution in [0.1, 0.15) is 32.1 Å². The second kappa shape index (κ2) is 12.1. The molecule has 0 radical (unpaired) electrons. The van der Waals surface area contributed by atoms with Crippen molar-refractivity contribution in [3.8, 4) is 23.2 Å². The number of hydrogen-bond donors (Lipinski definition) is 0. The number of ether oxygens (including phenoxy) is 1. The third-order valence-electron chi connectivity index (χ3n) is 9.79. The van der Waals surface area contributed by atoms with E-state index < -0.39 is 23.6 Å². The fourth-order valence-electron chi connectivity index (χ4n) is 7.53. The van der Waals surface area contributed by atoms with E-state index >= 15 is 0 Å². The lowest BCUT2D eigenvalue weighted by molar-refractivity contribution is -0.131. The molecule has 0 spiro atoms. The molecular weight excluding hydrogens is 610 g/mol. The predicted molar refractivity (Wildman–Crippen MR) is 174 cm³/mol. The number of benzene rings is 3. The quantitative estimate of drug-likeness (QED) is 0.208. The highest BCUT2D eigenvalue weighted by Crippen LogP contribution is 2.40. The minimum absolute atomic E-state index is 0.0112. The number of aromatic nitrogens is 2. The Morgan fingerprint density at radius 2 is 1.91 bits per heavy atom. The Balaban J connectivity index is 1.30. The molecule has 1 amide bonds. The van der Waals surface area contributed by atoms with Gasteiger partial charge >= 0.3 is 6.01 Å². The van der Waals surface area contributed by atoms with E-state index in [-0.39, 0.29) is 36.1 Å². The summed E-state index contributed by atoms with van der Waals surface area (Å²) < 4.78 is 34.8. The summed E-state index contributed by atoms with van der Waals surface area (Å²) in [6.07, 6.45) is 4.45. The van der Waals surface area contributed by atoms with E-state index in [0.717, 1.165) is 60.7 Å². The largest absolute Gasteiger partial charge is 0.461 e. The molecule has 1 atom stereocenters. The molecule has 0 aliphatic carbocycles. The van der Waals surface area contributed by atoms with Gasteiger partial charge in [0.2, 0.25) is 0 Å². The number of hydrogen-bond acceptors (Lipinski definition) is 7. The van der Waals surface area contributed by atoms with Crippen molar-refractivity contribution in [2.45, 2.75) is 43.7 Å². The third kappa shape index (κ3) is 5.31. The van der Waals surface area contributed by atoms with Crippen LogP contribution in [0.15, 0.2) is 60.9 Å². The van der Waals surface area contributed by atoms with Gasteiger partial charge in [0.1, 0.15) is 18.2 Å². The van der Waals surface area contributed by atoms with Crippen LogP contribution in [-0.2, 0) is 4.79 Å². The second-order valence-electron chi connectivity index (χ2n) is 12.4. The van der Waals surface area contributed by atoms with Crippen molar-refractivity contribution in [2.24, 2.45) is 0 Å². The summed E-state index contributed by atoms with van der Waals surface area (Å²) in [6, 6.07) is 16.4. The molecule has 4 heterocycles. The van der Waals surface area contributed by atoms with E-state index in [0.29, 0.717) is 29.9 Å². The van der Waals surface area contributed by atoms with Crippen LogP contribution < -0.4 is 9.64 Å². The second-order valence-corrected chi connectivity index (χ2v) is 12.8. The lowest BCUT2D eigenvalue weighted by atomic mass is 9.95. The number of nitriles is 1. The molecule has 11 heteroatoms. The smallest absolute Gasteiger partial charge is 0.319 e. The van der Waals surface area contributed by atoms with Crippen molar-refractivity contribution in [1.29, 1.82) is 5.26 Å². The molecule has 236 valence electrons. The number of anilines is 1. The van der Waals surface area contributed by atoms with Gasteiger partial charge in [0, 0.05) is 30.4 Å². The van der Waals surface area contributed by atoms with Gasteiger partial charge in [0.05, 0.1) is 34.6 Å². The van der Waals surface area contributed by atoms with Gasteiger partial charge in [-0.3, -0.25) is 9.69 Å². The number of fused-ring (bicyclic) bond motifs is 3. The number of nitrogens with zero attached hydrogens (tertiary/aromatic N) is 6. The maximum absolute atomic E-state index is 14.6. The van der Waals surface area contributed by atoms with Crippen LogP contribution in [0.3, 0.4) is 0 Å². The minimum Gasteiger partial charge on any atom is -0.461 e. The summed E-state index contributed by atoms with van der Waals surface area (Å²) in [5.74, 6) is -1.73. The standard InChI is InChI=1S/C35H33ClF2N6O2/c1-22(37)33(45)44-18-17-42(20-25(44)11-14-39)32-27-9-7-24(26-6-2-5-23-8-10-28(38)31(36)30(23)26)19-29(27)40-34(41-32)46-21-35-12-3-15-43(35)16-4-13-35/h2,5-10,19,25H,1,3-4,11-13,15-18,20-21H2/t25-/m0/s1. The molecule has 4 aromatic rings. The Labute approximate surface area is 270 Å². The Hall–Kier alpha value is -4.33. The van der Waals surface area contributed by atoms with Crippen molar-refractivity contribution < 1.29 is 18.3 Å². The average Bonchev–Trinajstić information content (AvgIpc) is 3.65. The monoisotopic (exact) mass is 642 g/mol. The van der Waals surface area contributed by atoms with Gasteiger partial charge in [-0.25, -0.2) is 8.78 Å². The molecule has 3 aliphatic rings. The Morgan fingerprint density at radius 3 is 2.67 bits per heavy atom. The Kier molecular flexibility index (Phi) is 7.99. The van der Waals surface area contributed by atoms with Gasteiger partial charge in [0.15, 0.2) is 5.83 Å². The molecule has 3 aromatic carbocycles. The molecule has 0 unspecified atom stereocenters. The predicted octanol–water partition coefficient (Wildman–Crippen LogP) is 6.66. The van der Waals surface area contributed by atoms with Crippen molar-refractivity contribution in [3.05, 3.63) is 71.8 Å². The van der Waals surface area contributed by atoms with Gasteiger partial charge in [-0.05, 0) is 73.5 Å². The van der Waals surface area contributed by atoms with Crippen molar-refractivity contribution in [3.63, 3.8) is 0 Å². The van der Waals surface area contributed by atoms with Crippen LogP contribution in [-0.4, -0.2) is 76.6 Å². The highest BCUT2D eigenvalue weighted by atomic mass is 35.5. The van der Waals surface area contributed by atoms with Crippen molar-refractivity contribution in [2.75, 3.05) is 44.2 Å². The molecule has 7 rings (SSSR count). The SMILES string of the molecule is C=C(F)C(=O)N1CCN(c2nc(OCC34CCCN3CCC4)nc3cc(-c4cccc5ccc(F)c(Cl)c45)ccc23)C[C@@H]1CC#N. The number of carbonyl (C=O) groups is 1. The zero-order valence-corrected chi connectivity index (χ0v) is 26.1. The first-order valence-corrected chi connectivity index (χ1v) is 16.0. The normalized spacial score (nSPS) is 19.4. The zero-order valence-electron chi connectivity index (χ0n) is 25.3. The molecule has 3 fully saturated rings.